The number of fused-ring (bicyclic) bond motifs is 1. The number of hydrogen-bond acceptors (Lipinski definition) is 4. The van der Waals surface area contributed by atoms with Gasteiger partial charge >= 0.3 is 0 Å². The van der Waals surface area contributed by atoms with Crippen molar-refractivity contribution in [3.05, 3.63) is 35.4 Å². The van der Waals surface area contributed by atoms with Crippen LogP contribution in [0.5, 0.6) is 0 Å². The molecule has 1 aromatic carbocycles. The molecule has 1 aromatic heterocycles. The molecule has 4 heteroatoms. The Morgan fingerprint density at radius 2 is 1.86 bits per heavy atom. The number of piperidine rings is 1. The van der Waals surface area contributed by atoms with E-state index in [9.17, 15) is 5.26 Å². The van der Waals surface area contributed by atoms with Crippen molar-refractivity contribution in [3.8, 4) is 6.07 Å². The Kier molecular flexibility index (Phi) is 5.13. The van der Waals surface area contributed by atoms with E-state index >= 15 is 0 Å². The van der Waals surface area contributed by atoms with Crippen LogP contribution in [0.4, 0.5) is 5.82 Å². The number of nitriles is 1. The molecular formula is C17H21N3O. The lowest BCUT2D eigenvalue weighted by molar-refractivity contribution is 0.399. The molecule has 0 aliphatic carbocycles. The van der Waals surface area contributed by atoms with E-state index in [2.05, 4.69) is 17.0 Å². The molecule has 0 saturated carbocycles. The van der Waals surface area contributed by atoms with Gasteiger partial charge in [0.25, 0.3) is 0 Å². The normalized spacial score (nSPS) is 14.3. The predicted octanol–water partition coefficient (Wildman–Crippen LogP) is 3.01. The van der Waals surface area contributed by atoms with Gasteiger partial charge in [-0.25, -0.2) is 4.98 Å². The lowest BCUT2D eigenvalue weighted by Crippen LogP contribution is -2.30. The Morgan fingerprint density at radius 3 is 2.52 bits per heavy atom. The molecule has 21 heavy (non-hydrogen) atoms. The summed E-state index contributed by atoms with van der Waals surface area (Å²) in [6, 6.07) is 10.4. The zero-order chi connectivity index (χ0) is 15.2. The largest absolute Gasteiger partial charge is 0.400 e. The van der Waals surface area contributed by atoms with Gasteiger partial charge in [-0.05, 0) is 44.4 Å². The third kappa shape index (κ3) is 3.32. The molecule has 3 rings (SSSR count). The van der Waals surface area contributed by atoms with Crippen LogP contribution in [-0.2, 0) is 0 Å². The van der Waals surface area contributed by atoms with Crippen molar-refractivity contribution >= 4 is 16.7 Å². The smallest absolute Gasteiger partial charge is 0.130 e. The first kappa shape index (κ1) is 15.3. The van der Waals surface area contributed by atoms with Gasteiger partial charge in [0.1, 0.15) is 5.82 Å². The van der Waals surface area contributed by atoms with Gasteiger partial charge in [-0.2, -0.15) is 5.26 Å². The topological polar surface area (TPSA) is 60.2 Å². The molecule has 0 radical (unpaired) electrons. The van der Waals surface area contributed by atoms with E-state index in [1.807, 2.05) is 25.1 Å². The van der Waals surface area contributed by atoms with Crippen LogP contribution in [0.1, 0.15) is 30.4 Å². The summed E-state index contributed by atoms with van der Waals surface area (Å²) in [7, 11) is 1.00. The second-order valence-electron chi connectivity index (χ2n) is 5.21. The minimum absolute atomic E-state index is 0.731. The van der Waals surface area contributed by atoms with E-state index in [1.54, 1.807) is 0 Å². The van der Waals surface area contributed by atoms with Gasteiger partial charge in [0.2, 0.25) is 0 Å². The standard InChI is InChI=1S/C16H17N3.CH4O/c1-12-5-6-15-14(9-12)13(11-17)10-16(18-15)19-7-3-2-4-8-19;1-2/h5-6,9-10H,2-4,7-8H2,1H3;2H,1H3. The van der Waals surface area contributed by atoms with Crippen LogP contribution in [0.25, 0.3) is 10.9 Å². The van der Waals surface area contributed by atoms with Crippen LogP contribution >= 0.6 is 0 Å². The molecule has 1 aliphatic rings. The van der Waals surface area contributed by atoms with Crippen LogP contribution in [0.15, 0.2) is 24.3 Å². The zero-order valence-corrected chi connectivity index (χ0v) is 12.6. The number of nitrogens with zero attached hydrogens (tertiary/aromatic N) is 3. The molecule has 110 valence electrons. The van der Waals surface area contributed by atoms with Gasteiger partial charge in [-0.3, -0.25) is 0 Å². The second-order valence-corrected chi connectivity index (χ2v) is 5.21. The van der Waals surface area contributed by atoms with Crippen molar-refractivity contribution in [2.45, 2.75) is 26.2 Å². The van der Waals surface area contributed by atoms with Crippen molar-refractivity contribution in [3.63, 3.8) is 0 Å². The first-order chi connectivity index (χ1) is 10.3. The maximum Gasteiger partial charge on any atom is 0.130 e. The summed E-state index contributed by atoms with van der Waals surface area (Å²) >= 11 is 0. The van der Waals surface area contributed by atoms with Crippen LogP contribution < -0.4 is 4.90 Å². The SMILES string of the molecule is CO.Cc1ccc2nc(N3CCCCC3)cc(C#N)c2c1. The Balaban J connectivity index is 0.000000774. The molecule has 0 unspecified atom stereocenters. The van der Waals surface area contributed by atoms with E-state index in [4.69, 9.17) is 10.1 Å². The number of pyridine rings is 1. The minimum Gasteiger partial charge on any atom is -0.400 e. The number of hydrogen-bond donors (Lipinski definition) is 1. The number of aryl methyl sites for hydroxylation is 1. The molecule has 0 atom stereocenters. The summed E-state index contributed by atoms with van der Waals surface area (Å²) in [5, 5.41) is 17.3. The van der Waals surface area contributed by atoms with Gasteiger partial charge in [0.15, 0.2) is 0 Å². The van der Waals surface area contributed by atoms with Gasteiger partial charge in [-0.1, -0.05) is 11.6 Å². The Bertz CT molecular complexity index is 655. The van der Waals surface area contributed by atoms with E-state index in [0.717, 1.165) is 48.0 Å². The predicted molar refractivity (Wildman–Crippen MR) is 85.4 cm³/mol. The van der Waals surface area contributed by atoms with Crippen molar-refractivity contribution in [2.75, 3.05) is 25.1 Å². The van der Waals surface area contributed by atoms with Crippen molar-refractivity contribution in [1.82, 2.24) is 4.98 Å². The molecule has 2 aromatic rings. The average Bonchev–Trinajstić information content (AvgIpc) is 2.56. The third-order valence-corrected chi connectivity index (χ3v) is 3.75. The minimum atomic E-state index is 0.731. The zero-order valence-electron chi connectivity index (χ0n) is 12.6. The number of aliphatic hydroxyl groups excluding tert-OH is 1. The number of aromatic nitrogens is 1. The highest BCUT2D eigenvalue weighted by molar-refractivity contribution is 5.87. The average molecular weight is 283 g/mol. The van der Waals surface area contributed by atoms with Crippen LogP contribution in [0.2, 0.25) is 0 Å². The van der Waals surface area contributed by atoms with Gasteiger partial charge in [-0.15, -0.1) is 0 Å². The van der Waals surface area contributed by atoms with Crippen LogP contribution in [0, 0.1) is 18.3 Å². The first-order valence-corrected chi connectivity index (χ1v) is 7.29. The summed E-state index contributed by atoms with van der Waals surface area (Å²) in [5.74, 6) is 0.951. The summed E-state index contributed by atoms with van der Waals surface area (Å²) in [6.45, 7) is 4.14. The summed E-state index contributed by atoms with van der Waals surface area (Å²) in [4.78, 5) is 7.02. The molecule has 1 saturated heterocycles. The molecule has 1 fully saturated rings. The fourth-order valence-electron chi connectivity index (χ4n) is 2.70. The molecule has 0 spiro atoms. The maximum atomic E-state index is 9.35. The van der Waals surface area contributed by atoms with Crippen LogP contribution in [-0.4, -0.2) is 30.3 Å². The summed E-state index contributed by atoms with van der Waals surface area (Å²) < 4.78 is 0. The van der Waals surface area contributed by atoms with E-state index in [1.165, 1.54) is 19.3 Å². The number of benzene rings is 1. The molecule has 1 aliphatic heterocycles. The molecule has 1 N–H and O–H groups in total. The molecular weight excluding hydrogens is 262 g/mol. The lowest BCUT2D eigenvalue weighted by atomic mass is 10.1. The Morgan fingerprint density at radius 1 is 1.14 bits per heavy atom. The fourth-order valence-corrected chi connectivity index (χ4v) is 2.70. The Labute approximate surface area is 125 Å². The number of rotatable bonds is 1. The quantitative estimate of drug-likeness (QED) is 0.874. The monoisotopic (exact) mass is 283 g/mol. The molecule has 4 nitrogen and oxygen atoms in total. The van der Waals surface area contributed by atoms with E-state index < -0.39 is 0 Å². The highest BCUT2D eigenvalue weighted by Gasteiger charge is 2.14. The molecule has 2 heterocycles. The van der Waals surface area contributed by atoms with Gasteiger partial charge < -0.3 is 10.0 Å². The van der Waals surface area contributed by atoms with E-state index in [-0.39, 0.29) is 0 Å². The Hall–Kier alpha value is -2.12. The van der Waals surface area contributed by atoms with Crippen LogP contribution in [0.3, 0.4) is 0 Å². The highest BCUT2D eigenvalue weighted by atomic mass is 16.2. The second kappa shape index (κ2) is 7.05. The summed E-state index contributed by atoms with van der Waals surface area (Å²) in [6.07, 6.45) is 3.74. The van der Waals surface area contributed by atoms with Crippen molar-refractivity contribution in [2.24, 2.45) is 0 Å². The number of anilines is 1. The third-order valence-electron chi connectivity index (χ3n) is 3.75. The lowest BCUT2D eigenvalue weighted by Gasteiger charge is -2.28. The highest BCUT2D eigenvalue weighted by Crippen LogP contribution is 2.25. The van der Waals surface area contributed by atoms with Gasteiger partial charge in [0, 0.05) is 25.6 Å². The molecule has 0 bridgehead atoms. The van der Waals surface area contributed by atoms with E-state index in [0.29, 0.717) is 0 Å². The maximum absolute atomic E-state index is 9.35. The summed E-state index contributed by atoms with van der Waals surface area (Å²) in [5.41, 5.74) is 2.82. The first-order valence-electron chi connectivity index (χ1n) is 7.29. The number of aliphatic hydroxyl groups is 1. The fraction of sp³-hybridized carbons (Fsp3) is 0.412. The van der Waals surface area contributed by atoms with Crippen molar-refractivity contribution < 1.29 is 5.11 Å². The van der Waals surface area contributed by atoms with Crippen molar-refractivity contribution in [1.29, 1.82) is 5.26 Å². The van der Waals surface area contributed by atoms with Gasteiger partial charge in [0.05, 0.1) is 17.1 Å². The molecule has 0 amide bonds.